The van der Waals surface area contributed by atoms with Crippen LogP contribution in [0.5, 0.6) is 0 Å². The van der Waals surface area contributed by atoms with Gasteiger partial charge in [0.1, 0.15) is 0 Å². The van der Waals surface area contributed by atoms with Gasteiger partial charge in [-0.25, -0.2) is 13.1 Å². The van der Waals surface area contributed by atoms with Crippen LogP contribution in [0.15, 0.2) is 53.4 Å². The van der Waals surface area contributed by atoms with Gasteiger partial charge in [-0.2, -0.15) is 0 Å². The summed E-state index contributed by atoms with van der Waals surface area (Å²) in [6, 6.07) is 14.7. The Morgan fingerprint density at radius 2 is 1.62 bits per heavy atom. The van der Waals surface area contributed by atoms with Gasteiger partial charge in [0.2, 0.25) is 10.0 Å². The molecular formula is C16H20N2O2S. The van der Waals surface area contributed by atoms with Crippen molar-refractivity contribution in [2.75, 3.05) is 0 Å². The monoisotopic (exact) mass is 304 g/mol. The van der Waals surface area contributed by atoms with Gasteiger partial charge < -0.3 is 5.73 Å². The Bertz CT molecular complexity index is 694. The van der Waals surface area contributed by atoms with Crippen molar-refractivity contribution in [2.24, 2.45) is 5.73 Å². The highest BCUT2D eigenvalue weighted by atomic mass is 32.2. The zero-order chi connectivity index (χ0) is 15.3. The summed E-state index contributed by atoms with van der Waals surface area (Å²) in [5, 5.41) is 0. The highest BCUT2D eigenvalue weighted by Gasteiger charge is 2.16. The van der Waals surface area contributed by atoms with Crippen LogP contribution in [0.1, 0.15) is 23.6 Å². The summed E-state index contributed by atoms with van der Waals surface area (Å²) in [6.45, 7) is 2.55. The SMILES string of the molecule is CCc1ccc(CNS(=O)(=O)c2ccccc2CN)cc1. The van der Waals surface area contributed by atoms with Crippen LogP contribution in [0.4, 0.5) is 0 Å². The molecule has 0 aliphatic heterocycles. The summed E-state index contributed by atoms with van der Waals surface area (Å²) >= 11 is 0. The third kappa shape index (κ3) is 3.91. The predicted octanol–water partition coefficient (Wildman–Crippen LogP) is 2.19. The number of rotatable bonds is 6. The number of aryl methyl sites for hydroxylation is 1. The molecule has 0 saturated heterocycles. The van der Waals surface area contributed by atoms with Gasteiger partial charge in [-0.05, 0) is 29.2 Å². The zero-order valence-corrected chi connectivity index (χ0v) is 12.9. The highest BCUT2D eigenvalue weighted by Crippen LogP contribution is 2.15. The topological polar surface area (TPSA) is 72.2 Å². The van der Waals surface area contributed by atoms with E-state index in [1.807, 2.05) is 24.3 Å². The molecule has 0 atom stereocenters. The maximum atomic E-state index is 12.3. The molecule has 0 bridgehead atoms. The first-order valence-electron chi connectivity index (χ1n) is 6.92. The van der Waals surface area contributed by atoms with Gasteiger partial charge in [-0.3, -0.25) is 0 Å². The lowest BCUT2D eigenvalue weighted by Crippen LogP contribution is -2.24. The van der Waals surface area contributed by atoms with Gasteiger partial charge in [-0.1, -0.05) is 49.4 Å². The number of nitrogens with two attached hydrogens (primary N) is 1. The van der Waals surface area contributed by atoms with Crippen LogP contribution in [0.3, 0.4) is 0 Å². The van der Waals surface area contributed by atoms with Crippen LogP contribution in [-0.2, 0) is 29.5 Å². The van der Waals surface area contributed by atoms with Crippen LogP contribution in [0.2, 0.25) is 0 Å². The Morgan fingerprint density at radius 3 is 2.24 bits per heavy atom. The molecule has 0 saturated carbocycles. The predicted molar refractivity (Wildman–Crippen MR) is 84.2 cm³/mol. The summed E-state index contributed by atoms with van der Waals surface area (Å²) in [4.78, 5) is 0.248. The third-order valence-electron chi connectivity index (χ3n) is 3.38. The molecule has 0 spiro atoms. The summed E-state index contributed by atoms with van der Waals surface area (Å²) < 4.78 is 27.3. The second kappa shape index (κ2) is 6.85. The Morgan fingerprint density at radius 1 is 1.00 bits per heavy atom. The lowest BCUT2D eigenvalue weighted by molar-refractivity contribution is 0.580. The van der Waals surface area contributed by atoms with Gasteiger partial charge in [-0.15, -0.1) is 0 Å². The molecule has 2 aromatic carbocycles. The molecule has 4 nitrogen and oxygen atoms in total. The molecule has 5 heteroatoms. The van der Waals surface area contributed by atoms with Crippen molar-refractivity contribution in [2.45, 2.75) is 31.3 Å². The molecule has 3 N–H and O–H groups in total. The van der Waals surface area contributed by atoms with Gasteiger partial charge >= 0.3 is 0 Å². The van der Waals surface area contributed by atoms with E-state index in [2.05, 4.69) is 11.6 Å². The molecule has 21 heavy (non-hydrogen) atoms. The normalized spacial score (nSPS) is 11.5. The molecule has 0 radical (unpaired) electrons. The molecule has 0 heterocycles. The first-order valence-corrected chi connectivity index (χ1v) is 8.40. The van der Waals surface area contributed by atoms with E-state index in [1.165, 1.54) is 5.56 Å². The van der Waals surface area contributed by atoms with E-state index >= 15 is 0 Å². The minimum absolute atomic E-state index is 0.197. The Balaban J connectivity index is 2.13. The Kier molecular flexibility index (Phi) is 5.12. The Labute approximate surface area is 126 Å². The van der Waals surface area contributed by atoms with E-state index in [1.54, 1.807) is 24.3 Å². The maximum absolute atomic E-state index is 12.3. The number of hydrogen-bond acceptors (Lipinski definition) is 3. The molecule has 0 aliphatic rings. The molecule has 0 unspecified atom stereocenters. The van der Waals surface area contributed by atoms with Crippen molar-refractivity contribution in [3.8, 4) is 0 Å². The van der Waals surface area contributed by atoms with Crippen molar-refractivity contribution >= 4 is 10.0 Å². The lowest BCUT2D eigenvalue weighted by Gasteiger charge is -2.10. The van der Waals surface area contributed by atoms with Crippen LogP contribution in [0.25, 0.3) is 0 Å². The largest absolute Gasteiger partial charge is 0.326 e. The van der Waals surface area contributed by atoms with E-state index < -0.39 is 10.0 Å². The van der Waals surface area contributed by atoms with Crippen molar-refractivity contribution < 1.29 is 8.42 Å². The number of hydrogen-bond donors (Lipinski definition) is 2. The van der Waals surface area contributed by atoms with Gasteiger partial charge in [0.15, 0.2) is 0 Å². The summed E-state index contributed by atoms with van der Waals surface area (Å²) in [5.41, 5.74) is 8.37. The van der Waals surface area contributed by atoms with Crippen LogP contribution in [-0.4, -0.2) is 8.42 Å². The summed E-state index contributed by atoms with van der Waals surface area (Å²) in [5.74, 6) is 0. The number of nitrogens with one attached hydrogen (secondary N) is 1. The summed E-state index contributed by atoms with van der Waals surface area (Å²) in [7, 11) is -3.55. The van der Waals surface area contributed by atoms with E-state index in [9.17, 15) is 8.42 Å². The minimum Gasteiger partial charge on any atom is -0.326 e. The summed E-state index contributed by atoms with van der Waals surface area (Å²) in [6.07, 6.45) is 0.968. The van der Waals surface area contributed by atoms with E-state index in [0.29, 0.717) is 5.56 Å². The quantitative estimate of drug-likeness (QED) is 0.859. The van der Waals surface area contributed by atoms with Gasteiger partial charge in [0, 0.05) is 13.1 Å². The fraction of sp³-hybridized carbons (Fsp3) is 0.250. The first-order chi connectivity index (χ1) is 10.1. The average Bonchev–Trinajstić information content (AvgIpc) is 2.53. The van der Waals surface area contributed by atoms with Gasteiger partial charge in [0.25, 0.3) is 0 Å². The fourth-order valence-electron chi connectivity index (χ4n) is 2.08. The van der Waals surface area contributed by atoms with E-state index in [-0.39, 0.29) is 18.0 Å². The van der Waals surface area contributed by atoms with Crippen molar-refractivity contribution in [1.29, 1.82) is 0 Å². The molecule has 112 valence electrons. The minimum atomic E-state index is -3.55. The molecule has 0 fully saturated rings. The second-order valence-corrected chi connectivity index (χ2v) is 6.54. The van der Waals surface area contributed by atoms with Crippen LogP contribution in [0, 0.1) is 0 Å². The number of sulfonamides is 1. The van der Waals surface area contributed by atoms with Crippen LogP contribution >= 0.6 is 0 Å². The second-order valence-electron chi connectivity index (χ2n) is 4.81. The third-order valence-corrected chi connectivity index (χ3v) is 4.88. The lowest BCUT2D eigenvalue weighted by atomic mass is 10.1. The van der Waals surface area contributed by atoms with E-state index in [0.717, 1.165) is 12.0 Å². The van der Waals surface area contributed by atoms with E-state index in [4.69, 9.17) is 5.73 Å². The molecule has 2 rings (SSSR count). The smallest absolute Gasteiger partial charge is 0.241 e. The van der Waals surface area contributed by atoms with Crippen molar-refractivity contribution in [3.05, 3.63) is 65.2 Å². The molecule has 0 aliphatic carbocycles. The maximum Gasteiger partial charge on any atom is 0.241 e. The van der Waals surface area contributed by atoms with Gasteiger partial charge in [0.05, 0.1) is 4.90 Å². The number of benzene rings is 2. The van der Waals surface area contributed by atoms with Crippen molar-refractivity contribution in [3.63, 3.8) is 0 Å². The zero-order valence-electron chi connectivity index (χ0n) is 12.0. The fourth-order valence-corrected chi connectivity index (χ4v) is 3.35. The Hall–Kier alpha value is -1.69. The van der Waals surface area contributed by atoms with Crippen molar-refractivity contribution in [1.82, 2.24) is 4.72 Å². The molecule has 0 amide bonds. The first kappa shape index (κ1) is 15.7. The molecular weight excluding hydrogens is 284 g/mol. The molecule has 2 aromatic rings. The highest BCUT2D eigenvalue weighted by molar-refractivity contribution is 7.89. The standard InChI is InChI=1S/C16H20N2O2S/c1-2-13-7-9-14(10-8-13)12-18-21(19,20)16-6-4-3-5-15(16)11-17/h3-10,18H,2,11-12,17H2,1H3. The molecule has 0 aromatic heterocycles. The average molecular weight is 304 g/mol. The van der Waals surface area contributed by atoms with Crippen LogP contribution < -0.4 is 10.5 Å².